The normalized spacial score (nSPS) is 17.2. The summed E-state index contributed by atoms with van der Waals surface area (Å²) in [5.41, 5.74) is 1.53. The number of carboxylic acids is 2. The lowest BCUT2D eigenvalue weighted by molar-refractivity contribution is 0.0692. The highest BCUT2D eigenvalue weighted by atomic mass is 32.2. The molecule has 1 aliphatic heterocycles. The van der Waals surface area contributed by atoms with Gasteiger partial charge in [0, 0.05) is 9.79 Å². The second kappa shape index (κ2) is 5.35. The molecule has 2 aromatic rings. The number of fused-ring (bicyclic) bond motifs is 1. The number of aromatic carboxylic acids is 2. The molecule has 0 radical (unpaired) electrons. The first-order valence-electron chi connectivity index (χ1n) is 6.67. The van der Waals surface area contributed by atoms with Crippen molar-refractivity contribution in [2.45, 2.75) is 16.7 Å². The van der Waals surface area contributed by atoms with Gasteiger partial charge < -0.3 is 10.2 Å². The Hall–Kier alpha value is -2.53. The maximum atomic E-state index is 11.7. The first-order valence-corrected chi connectivity index (χ1v) is 8.08. The highest BCUT2D eigenvalue weighted by Crippen LogP contribution is 2.53. The molecule has 0 fully saturated rings. The minimum absolute atomic E-state index is 0.0348. The summed E-state index contributed by atoms with van der Waals surface area (Å²) in [5.74, 6) is -2.20. The van der Waals surface area contributed by atoms with Gasteiger partial charge in [-0.05, 0) is 47.7 Å². The maximum Gasteiger partial charge on any atom is 0.337 e. The van der Waals surface area contributed by atoms with Crippen molar-refractivity contribution in [2.75, 3.05) is 0 Å². The van der Waals surface area contributed by atoms with Crippen LogP contribution in [0.3, 0.4) is 0 Å². The third-order valence-electron chi connectivity index (χ3n) is 3.75. The third kappa shape index (κ3) is 2.19. The van der Waals surface area contributed by atoms with Crippen LogP contribution in [-0.4, -0.2) is 22.2 Å². The minimum atomic E-state index is -1.11. The van der Waals surface area contributed by atoms with E-state index in [-0.39, 0.29) is 11.1 Å². The molecule has 1 heterocycles. The molecule has 5 heteroatoms. The zero-order chi connectivity index (χ0) is 15.9. The van der Waals surface area contributed by atoms with Gasteiger partial charge in [-0.25, -0.2) is 9.59 Å². The largest absolute Gasteiger partial charge is 0.478 e. The van der Waals surface area contributed by atoms with Crippen LogP contribution in [0.25, 0.3) is 6.08 Å². The molecule has 1 unspecified atom stereocenters. The fraction of sp³-hybridized carbons (Fsp3) is 0.0588. The zero-order valence-electron chi connectivity index (χ0n) is 11.8. The highest BCUT2D eigenvalue weighted by molar-refractivity contribution is 8.20. The van der Waals surface area contributed by atoms with E-state index in [0.717, 1.165) is 10.5 Å². The molecule has 0 aromatic heterocycles. The van der Waals surface area contributed by atoms with E-state index in [0.29, 0.717) is 10.5 Å². The molecule has 0 amide bonds. The fourth-order valence-corrected chi connectivity index (χ4v) is 5.00. The predicted molar refractivity (Wildman–Crippen MR) is 86.1 cm³/mol. The smallest absolute Gasteiger partial charge is 0.337 e. The van der Waals surface area contributed by atoms with Crippen LogP contribution >= 0.6 is 10.9 Å². The Bertz CT molecular complexity index is 823. The van der Waals surface area contributed by atoms with Gasteiger partial charge in [-0.1, -0.05) is 18.2 Å². The number of hydrogen-bond donors (Lipinski definition) is 3. The van der Waals surface area contributed by atoms with E-state index in [1.54, 1.807) is 13.0 Å². The van der Waals surface area contributed by atoms with Crippen LogP contribution in [0.2, 0.25) is 0 Å². The van der Waals surface area contributed by atoms with E-state index < -0.39 is 22.8 Å². The number of benzene rings is 2. The third-order valence-corrected chi connectivity index (χ3v) is 6.01. The average molecular weight is 314 g/mol. The summed E-state index contributed by atoms with van der Waals surface area (Å²) in [4.78, 5) is 24.7. The molecule has 0 saturated heterocycles. The van der Waals surface area contributed by atoms with Crippen molar-refractivity contribution in [3.8, 4) is 0 Å². The first kappa shape index (κ1) is 14.4. The van der Waals surface area contributed by atoms with Crippen molar-refractivity contribution in [2.24, 2.45) is 0 Å². The molecule has 0 aliphatic carbocycles. The minimum Gasteiger partial charge on any atom is -0.478 e. The molecule has 1 aliphatic rings. The zero-order valence-corrected chi connectivity index (χ0v) is 12.7. The molecule has 112 valence electrons. The maximum absolute atomic E-state index is 11.7. The summed E-state index contributed by atoms with van der Waals surface area (Å²) in [6.45, 7) is 1.55. The molecule has 0 spiro atoms. The van der Waals surface area contributed by atoms with Crippen molar-refractivity contribution >= 4 is 28.9 Å². The SMILES string of the molecule is Cc1c(C(=O)O)ccc([SH]2C=Cc3ccccc32)c1C(=O)O. The second-order valence-corrected chi connectivity index (χ2v) is 6.99. The van der Waals surface area contributed by atoms with Crippen molar-refractivity contribution in [3.63, 3.8) is 0 Å². The Kier molecular flexibility index (Phi) is 3.50. The standard InChI is InChI=1S/C17H14O4S/c1-10-12(16(18)19)6-7-14(15(10)17(20)21)22-9-8-11-4-2-3-5-13(11)22/h2-9,22H,1H3,(H,18,19)(H,20,21). The van der Waals surface area contributed by atoms with Crippen LogP contribution < -0.4 is 0 Å². The Balaban J connectivity index is 2.21. The lowest BCUT2D eigenvalue weighted by Gasteiger charge is -2.20. The molecule has 22 heavy (non-hydrogen) atoms. The molecular formula is C17H14O4S. The summed E-state index contributed by atoms with van der Waals surface area (Å²) < 4.78 is 0. The van der Waals surface area contributed by atoms with Gasteiger partial charge in [0.05, 0.1) is 11.1 Å². The van der Waals surface area contributed by atoms with E-state index in [9.17, 15) is 19.8 Å². The van der Waals surface area contributed by atoms with Crippen LogP contribution in [-0.2, 0) is 0 Å². The molecule has 0 saturated carbocycles. The van der Waals surface area contributed by atoms with E-state index in [4.69, 9.17) is 0 Å². The Morgan fingerprint density at radius 1 is 0.955 bits per heavy atom. The van der Waals surface area contributed by atoms with Gasteiger partial charge in [0.1, 0.15) is 0 Å². The lowest BCUT2D eigenvalue weighted by Crippen LogP contribution is -2.09. The summed E-state index contributed by atoms with van der Waals surface area (Å²) in [7, 11) is -0.911. The van der Waals surface area contributed by atoms with Gasteiger partial charge in [-0.15, -0.1) is 0 Å². The summed E-state index contributed by atoms with van der Waals surface area (Å²) in [6, 6.07) is 11.0. The number of carboxylic acid groups (broad SMARTS) is 2. The van der Waals surface area contributed by atoms with Gasteiger partial charge >= 0.3 is 11.9 Å². The number of hydrogen-bond acceptors (Lipinski definition) is 2. The molecule has 3 rings (SSSR count). The van der Waals surface area contributed by atoms with E-state index in [1.807, 2.05) is 35.7 Å². The molecule has 2 N–H and O–H groups in total. The monoisotopic (exact) mass is 314 g/mol. The number of thiol groups is 1. The van der Waals surface area contributed by atoms with Crippen LogP contribution in [0.1, 0.15) is 31.8 Å². The van der Waals surface area contributed by atoms with Crippen molar-refractivity contribution < 1.29 is 19.8 Å². The average Bonchev–Trinajstić information content (AvgIpc) is 2.89. The Labute approximate surface area is 130 Å². The van der Waals surface area contributed by atoms with E-state index in [1.165, 1.54) is 6.07 Å². The predicted octanol–water partition coefficient (Wildman–Crippen LogP) is 3.79. The van der Waals surface area contributed by atoms with E-state index >= 15 is 0 Å². The van der Waals surface area contributed by atoms with Gasteiger partial charge in [-0.2, -0.15) is 10.9 Å². The van der Waals surface area contributed by atoms with Crippen LogP contribution in [0.5, 0.6) is 0 Å². The number of rotatable bonds is 3. The molecule has 2 aromatic carbocycles. The van der Waals surface area contributed by atoms with Crippen molar-refractivity contribution in [3.05, 3.63) is 64.1 Å². The lowest BCUT2D eigenvalue weighted by atomic mass is 10.0. The highest BCUT2D eigenvalue weighted by Gasteiger charge is 2.25. The second-order valence-electron chi connectivity index (χ2n) is 4.99. The van der Waals surface area contributed by atoms with Gasteiger partial charge in [-0.3, -0.25) is 0 Å². The Morgan fingerprint density at radius 3 is 2.36 bits per heavy atom. The molecule has 4 nitrogen and oxygen atoms in total. The molecule has 1 atom stereocenters. The molecule has 0 bridgehead atoms. The van der Waals surface area contributed by atoms with Gasteiger partial charge in [0.15, 0.2) is 0 Å². The first-order chi connectivity index (χ1) is 10.5. The van der Waals surface area contributed by atoms with Crippen LogP contribution in [0, 0.1) is 6.92 Å². The van der Waals surface area contributed by atoms with Crippen LogP contribution in [0.15, 0.2) is 51.6 Å². The molecular weight excluding hydrogens is 300 g/mol. The van der Waals surface area contributed by atoms with Gasteiger partial charge in [0.25, 0.3) is 0 Å². The van der Waals surface area contributed by atoms with Crippen molar-refractivity contribution in [1.82, 2.24) is 0 Å². The topological polar surface area (TPSA) is 74.6 Å². The van der Waals surface area contributed by atoms with Gasteiger partial charge in [0.2, 0.25) is 0 Å². The number of carbonyl (C=O) groups is 2. The van der Waals surface area contributed by atoms with Crippen molar-refractivity contribution in [1.29, 1.82) is 0 Å². The quantitative estimate of drug-likeness (QED) is 0.753. The summed E-state index contributed by atoms with van der Waals surface area (Å²) in [6.07, 6.45) is 1.99. The summed E-state index contributed by atoms with van der Waals surface area (Å²) in [5, 5.41) is 20.8. The van der Waals surface area contributed by atoms with E-state index in [2.05, 4.69) is 0 Å². The summed E-state index contributed by atoms with van der Waals surface area (Å²) >= 11 is 0. The van der Waals surface area contributed by atoms with Crippen LogP contribution in [0.4, 0.5) is 0 Å². The fourth-order valence-electron chi connectivity index (χ4n) is 2.69. The Morgan fingerprint density at radius 2 is 1.68 bits per heavy atom.